The molecular weight excluding hydrogens is 284 g/mol. The van der Waals surface area contributed by atoms with E-state index in [1.807, 2.05) is 64.1 Å². The summed E-state index contributed by atoms with van der Waals surface area (Å²) in [6.45, 7) is 10.1. The SMILES string of the molecule is CC.CC.CC(CCC(=O)O)(c1ccccc1)c1ccccc1. The summed E-state index contributed by atoms with van der Waals surface area (Å²) in [6, 6.07) is 20.2. The van der Waals surface area contributed by atoms with Crippen molar-refractivity contribution in [2.75, 3.05) is 0 Å². The van der Waals surface area contributed by atoms with Crippen LogP contribution >= 0.6 is 0 Å². The van der Waals surface area contributed by atoms with E-state index in [2.05, 4.69) is 31.2 Å². The van der Waals surface area contributed by atoms with E-state index in [0.29, 0.717) is 6.42 Å². The number of hydrogen-bond donors (Lipinski definition) is 1. The maximum Gasteiger partial charge on any atom is 0.303 e. The van der Waals surface area contributed by atoms with Gasteiger partial charge in [-0.2, -0.15) is 0 Å². The summed E-state index contributed by atoms with van der Waals surface area (Å²) < 4.78 is 0. The molecule has 0 radical (unpaired) electrons. The van der Waals surface area contributed by atoms with Crippen molar-refractivity contribution in [3.8, 4) is 0 Å². The Morgan fingerprint density at radius 3 is 1.48 bits per heavy atom. The molecule has 0 aliphatic carbocycles. The molecular formula is C21H30O2. The maximum absolute atomic E-state index is 10.9. The fraction of sp³-hybridized carbons (Fsp3) is 0.381. The Morgan fingerprint density at radius 1 is 0.826 bits per heavy atom. The molecule has 0 aliphatic rings. The van der Waals surface area contributed by atoms with Gasteiger partial charge in [0.05, 0.1) is 0 Å². The van der Waals surface area contributed by atoms with Crippen molar-refractivity contribution in [3.63, 3.8) is 0 Å². The molecule has 2 aromatic carbocycles. The molecule has 23 heavy (non-hydrogen) atoms. The minimum atomic E-state index is -0.752. The lowest BCUT2D eigenvalue weighted by Gasteiger charge is -2.30. The zero-order valence-electron chi connectivity index (χ0n) is 15.0. The van der Waals surface area contributed by atoms with Gasteiger partial charge in [0.2, 0.25) is 0 Å². The molecule has 0 fully saturated rings. The molecule has 2 aromatic rings. The van der Waals surface area contributed by atoms with Crippen LogP contribution in [0.25, 0.3) is 0 Å². The Kier molecular flexibility index (Phi) is 10.4. The third-order valence-electron chi connectivity index (χ3n) is 3.66. The van der Waals surface area contributed by atoms with Crippen molar-refractivity contribution >= 4 is 5.97 Å². The predicted molar refractivity (Wildman–Crippen MR) is 98.9 cm³/mol. The van der Waals surface area contributed by atoms with Gasteiger partial charge in [0.15, 0.2) is 0 Å². The number of carbonyl (C=O) groups is 1. The average molecular weight is 314 g/mol. The second kappa shape index (κ2) is 11.5. The summed E-state index contributed by atoms with van der Waals surface area (Å²) in [5.74, 6) is -0.752. The molecule has 0 aliphatic heterocycles. The molecule has 0 saturated heterocycles. The van der Waals surface area contributed by atoms with Crippen molar-refractivity contribution in [2.45, 2.75) is 52.9 Å². The highest BCUT2D eigenvalue weighted by Crippen LogP contribution is 2.36. The van der Waals surface area contributed by atoms with E-state index in [-0.39, 0.29) is 11.8 Å². The van der Waals surface area contributed by atoms with Crippen molar-refractivity contribution in [1.82, 2.24) is 0 Å². The van der Waals surface area contributed by atoms with Gasteiger partial charge in [-0.3, -0.25) is 4.79 Å². The zero-order chi connectivity index (χ0) is 17.7. The predicted octanol–water partition coefficient (Wildman–Crippen LogP) is 5.91. The Morgan fingerprint density at radius 2 is 1.17 bits per heavy atom. The maximum atomic E-state index is 10.9. The number of aliphatic carboxylic acids is 1. The van der Waals surface area contributed by atoms with E-state index in [1.54, 1.807) is 0 Å². The Balaban J connectivity index is 0.00000112. The van der Waals surface area contributed by atoms with Crippen LogP contribution < -0.4 is 0 Å². The molecule has 0 aromatic heterocycles. The summed E-state index contributed by atoms with van der Waals surface area (Å²) in [5.41, 5.74) is 2.05. The van der Waals surface area contributed by atoms with Crippen LogP contribution in [0.1, 0.15) is 58.6 Å². The van der Waals surface area contributed by atoms with E-state index in [1.165, 1.54) is 0 Å². The fourth-order valence-electron chi connectivity index (χ4n) is 2.42. The highest BCUT2D eigenvalue weighted by atomic mass is 16.4. The monoisotopic (exact) mass is 314 g/mol. The van der Waals surface area contributed by atoms with Crippen LogP contribution in [0, 0.1) is 0 Å². The van der Waals surface area contributed by atoms with Crippen LogP contribution in [0.15, 0.2) is 60.7 Å². The first-order chi connectivity index (χ1) is 11.1. The van der Waals surface area contributed by atoms with E-state index in [0.717, 1.165) is 11.1 Å². The first-order valence-electron chi connectivity index (χ1n) is 8.46. The van der Waals surface area contributed by atoms with Crippen molar-refractivity contribution in [2.24, 2.45) is 0 Å². The second-order valence-electron chi connectivity index (χ2n) is 4.96. The van der Waals surface area contributed by atoms with E-state index < -0.39 is 5.97 Å². The third kappa shape index (κ3) is 6.27. The normalized spacial score (nSPS) is 9.78. The molecule has 0 amide bonds. The Hall–Kier alpha value is -2.09. The quantitative estimate of drug-likeness (QED) is 0.745. The number of benzene rings is 2. The van der Waals surface area contributed by atoms with Crippen LogP contribution in [-0.4, -0.2) is 11.1 Å². The summed E-state index contributed by atoms with van der Waals surface area (Å²) in [4.78, 5) is 10.9. The lowest BCUT2D eigenvalue weighted by molar-refractivity contribution is -0.137. The Labute approximate surface area is 141 Å². The summed E-state index contributed by atoms with van der Waals surface area (Å²) >= 11 is 0. The smallest absolute Gasteiger partial charge is 0.303 e. The van der Waals surface area contributed by atoms with Gasteiger partial charge in [-0.1, -0.05) is 95.3 Å². The summed E-state index contributed by atoms with van der Waals surface area (Å²) in [7, 11) is 0. The van der Waals surface area contributed by atoms with Crippen molar-refractivity contribution in [3.05, 3.63) is 71.8 Å². The lowest BCUT2D eigenvalue weighted by Crippen LogP contribution is -2.24. The highest BCUT2D eigenvalue weighted by molar-refractivity contribution is 5.67. The van der Waals surface area contributed by atoms with E-state index in [4.69, 9.17) is 5.11 Å². The second-order valence-corrected chi connectivity index (χ2v) is 4.96. The Bertz CT molecular complexity index is 493. The van der Waals surface area contributed by atoms with Gasteiger partial charge in [0, 0.05) is 11.8 Å². The van der Waals surface area contributed by atoms with E-state index >= 15 is 0 Å². The van der Waals surface area contributed by atoms with Gasteiger partial charge >= 0.3 is 5.97 Å². The van der Waals surface area contributed by atoms with Crippen LogP contribution in [0.5, 0.6) is 0 Å². The van der Waals surface area contributed by atoms with Gasteiger partial charge in [-0.15, -0.1) is 0 Å². The van der Waals surface area contributed by atoms with Crippen LogP contribution in [0.3, 0.4) is 0 Å². The molecule has 126 valence electrons. The summed E-state index contributed by atoms with van der Waals surface area (Å²) in [6.07, 6.45) is 0.761. The van der Waals surface area contributed by atoms with Gasteiger partial charge < -0.3 is 5.11 Å². The first kappa shape index (κ1) is 20.9. The summed E-state index contributed by atoms with van der Waals surface area (Å²) in [5, 5.41) is 8.97. The van der Waals surface area contributed by atoms with Crippen LogP contribution in [0.2, 0.25) is 0 Å². The fourth-order valence-corrected chi connectivity index (χ4v) is 2.42. The molecule has 0 spiro atoms. The standard InChI is InChI=1S/C17H18O2.2C2H6/c1-17(13-12-16(18)19,14-8-4-2-5-9-14)15-10-6-3-7-11-15;2*1-2/h2-11H,12-13H2,1H3,(H,18,19);2*1-2H3. The van der Waals surface area contributed by atoms with Gasteiger partial charge in [-0.05, 0) is 17.5 Å². The third-order valence-corrected chi connectivity index (χ3v) is 3.66. The first-order valence-corrected chi connectivity index (χ1v) is 8.46. The number of hydrogen-bond acceptors (Lipinski definition) is 1. The van der Waals surface area contributed by atoms with Crippen molar-refractivity contribution in [1.29, 1.82) is 0 Å². The number of rotatable bonds is 5. The van der Waals surface area contributed by atoms with Crippen molar-refractivity contribution < 1.29 is 9.90 Å². The molecule has 0 saturated carbocycles. The molecule has 0 heterocycles. The topological polar surface area (TPSA) is 37.3 Å². The highest BCUT2D eigenvalue weighted by Gasteiger charge is 2.29. The number of carboxylic acid groups (broad SMARTS) is 1. The number of carboxylic acids is 1. The van der Waals surface area contributed by atoms with Crippen LogP contribution in [-0.2, 0) is 10.2 Å². The van der Waals surface area contributed by atoms with Gasteiger partial charge in [-0.25, -0.2) is 0 Å². The minimum absolute atomic E-state index is 0.167. The largest absolute Gasteiger partial charge is 0.481 e. The minimum Gasteiger partial charge on any atom is -0.481 e. The molecule has 0 unspecified atom stereocenters. The molecule has 2 nitrogen and oxygen atoms in total. The van der Waals surface area contributed by atoms with Gasteiger partial charge in [0.1, 0.15) is 0 Å². The molecule has 0 atom stereocenters. The lowest BCUT2D eigenvalue weighted by atomic mass is 9.73. The molecule has 1 N–H and O–H groups in total. The average Bonchev–Trinajstić information content (AvgIpc) is 2.64. The molecule has 2 rings (SSSR count). The van der Waals surface area contributed by atoms with Crippen LogP contribution in [0.4, 0.5) is 0 Å². The van der Waals surface area contributed by atoms with E-state index in [9.17, 15) is 4.79 Å². The molecule has 0 bridgehead atoms. The van der Waals surface area contributed by atoms with Gasteiger partial charge in [0.25, 0.3) is 0 Å². The molecule has 2 heteroatoms. The zero-order valence-corrected chi connectivity index (χ0v) is 15.0.